The zero-order chi connectivity index (χ0) is 45.3. The third kappa shape index (κ3) is 10.4. The van der Waals surface area contributed by atoms with Gasteiger partial charge in [0.05, 0.1) is 35.1 Å². The molecular formula is C44H52ClF3N8O6. The predicted molar refractivity (Wildman–Crippen MR) is 229 cm³/mol. The minimum absolute atomic E-state index is 0.0263. The lowest BCUT2D eigenvalue weighted by molar-refractivity contribution is -0.274. The van der Waals surface area contributed by atoms with Crippen LogP contribution >= 0.6 is 11.6 Å². The summed E-state index contributed by atoms with van der Waals surface area (Å²) in [5.74, 6) is -0.268. The van der Waals surface area contributed by atoms with Crippen LogP contribution in [-0.2, 0) is 14.3 Å². The molecule has 0 aliphatic carbocycles. The van der Waals surface area contributed by atoms with Gasteiger partial charge in [-0.25, -0.2) is 14.8 Å². The summed E-state index contributed by atoms with van der Waals surface area (Å²) < 4.78 is 50.5. The number of imidazole rings is 1. The molecule has 4 amide bonds. The van der Waals surface area contributed by atoms with Crippen molar-refractivity contribution in [1.29, 1.82) is 0 Å². The number of alkyl carbamates (subject to hydrolysis) is 1. The molecule has 62 heavy (non-hydrogen) atoms. The molecule has 2 aromatic heterocycles. The normalized spacial score (nSPS) is 18.7. The Hall–Kier alpha value is -5.84. The van der Waals surface area contributed by atoms with Crippen LogP contribution < -0.4 is 20.3 Å². The first kappa shape index (κ1) is 45.7. The number of halogens is 4. The number of benzene rings is 2. The number of piperazine rings is 1. The van der Waals surface area contributed by atoms with Crippen molar-refractivity contribution in [3.63, 3.8) is 0 Å². The second kappa shape index (κ2) is 18.2. The fourth-order valence-electron chi connectivity index (χ4n) is 7.83. The SMILES string of the molecule is COC(=O)N[C@H](C(=O)N1C[C@@H](C)C[C@H]1c1nc(-c2ccc(-c3cc(Cl)c(NC(=O)c4ccc(N5CCN(C(=O)C(C)(C)C)CC5C)nc4)cc3OC(F)(F)F)cc2)c[nH]1)C(C)C. The summed E-state index contributed by atoms with van der Waals surface area (Å²) >= 11 is 6.59. The van der Waals surface area contributed by atoms with Gasteiger partial charge in [0.15, 0.2) is 0 Å². The Kier molecular flexibility index (Phi) is 13.4. The molecule has 0 bridgehead atoms. The Morgan fingerprint density at radius 3 is 2.26 bits per heavy atom. The first-order valence-corrected chi connectivity index (χ1v) is 20.7. The van der Waals surface area contributed by atoms with Gasteiger partial charge in [-0.3, -0.25) is 14.4 Å². The molecule has 4 aromatic rings. The standard InChI is InChI=1S/C44H52ClF3N8O6/c1-24(2)37(53-42(60)61-8)40(58)56-22-25(3)17-34(56)38-50-21-33(51-38)28-11-9-27(10-12-28)30-18-31(45)32(19-35(30)62-44(46,47)48)52-39(57)29-13-14-36(49-20-29)55-16-15-54(23-26(55)4)41(59)43(5,6)7/h9-14,18-21,24-26,34,37H,15-17,22-23H2,1-8H3,(H,50,51)(H,52,57)(H,53,60)/t25-,26?,34-,37-/m0/s1. The third-order valence-corrected chi connectivity index (χ3v) is 11.3. The van der Waals surface area contributed by atoms with E-state index in [1.54, 1.807) is 47.5 Å². The number of methoxy groups -OCH3 is 1. The van der Waals surface area contributed by atoms with Crippen LogP contribution in [0.4, 0.5) is 29.5 Å². The fraction of sp³-hybridized carbons (Fsp3) is 0.455. The molecule has 0 radical (unpaired) electrons. The van der Waals surface area contributed by atoms with Crippen LogP contribution in [0.3, 0.4) is 0 Å². The van der Waals surface area contributed by atoms with E-state index in [0.29, 0.717) is 61.1 Å². The number of rotatable bonds is 10. The molecule has 14 nitrogen and oxygen atoms in total. The van der Waals surface area contributed by atoms with Crippen LogP contribution in [0.15, 0.2) is 60.9 Å². The number of aromatic nitrogens is 3. The van der Waals surface area contributed by atoms with Crippen molar-refractivity contribution in [2.75, 3.05) is 43.5 Å². The number of nitrogens with one attached hydrogen (secondary N) is 3. The minimum atomic E-state index is -5.06. The number of amides is 4. The number of aromatic amines is 1. The minimum Gasteiger partial charge on any atom is -0.453 e. The Morgan fingerprint density at radius 2 is 1.66 bits per heavy atom. The molecule has 4 heterocycles. The number of ether oxygens (including phenoxy) is 2. The quantitative estimate of drug-likeness (QED) is 0.142. The summed E-state index contributed by atoms with van der Waals surface area (Å²) in [5.41, 5.74) is 1.11. The molecule has 2 aliphatic rings. The van der Waals surface area contributed by atoms with Crippen LogP contribution in [0.25, 0.3) is 22.4 Å². The van der Waals surface area contributed by atoms with Gasteiger partial charge >= 0.3 is 12.5 Å². The maximum Gasteiger partial charge on any atom is 0.573 e. The number of carbonyl (C=O) groups is 4. The summed E-state index contributed by atoms with van der Waals surface area (Å²) in [6.45, 7) is 15.4. The number of anilines is 2. The van der Waals surface area contributed by atoms with Crippen molar-refractivity contribution in [3.8, 4) is 28.1 Å². The highest BCUT2D eigenvalue weighted by Crippen LogP contribution is 2.41. The largest absolute Gasteiger partial charge is 0.573 e. The van der Waals surface area contributed by atoms with Crippen LogP contribution in [0, 0.1) is 17.3 Å². The van der Waals surface area contributed by atoms with Crippen LogP contribution in [0.1, 0.15) is 77.1 Å². The molecule has 2 fully saturated rings. The van der Waals surface area contributed by atoms with Crippen molar-refractivity contribution in [2.24, 2.45) is 17.3 Å². The van der Waals surface area contributed by atoms with Crippen molar-refractivity contribution in [2.45, 2.75) is 79.4 Å². The predicted octanol–water partition coefficient (Wildman–Crippen LogP) is 8.32. The monoisotopic (exact) mass is 880 g/mol. The average Bonchev–Trinajstić information content (AvgIpc) is 3.86. The van der Waals surface area contributed by atoms with E-state index in [2.05, 4.69) is 30.2 Å². The highest BCUT2D eigenvalue weighted by molar-refractivity contribution is 6.34. The van der Waals surface area contributed by atoms with Crippen molar-refractivity contribution < 1.29 is 41.8 Å². The lowest BCUT2D eigenvalue weighted by Crippen LogP contribution is -2.56. The second-order valence-corrected chi connectivity index (χ2v) is 17.6. The maximum atomic E-state index is 13.8. The van der Waals surface area contributed by atoms with Crippen LogP contribution in [0.5, 0.6) is 5.75 Å². The Bertz CT molecular complexity index is 2280. The molecule has 1 unspecified atom stereocenters. The zero-order valence-electron chi connectivity index (χ0n) is 35.9. The van der Waals surface area contributed by atoms with E-state index in [-0.39, 0.29) is 57.6 Å². The van der Waals surface area contributed by atoms with Crippen LogP contribution in [-0.4, -0.2) is 100 Å². The van der Waals surface area contributed by atoms with E-state index >= 15 is 0 Å². The van der Waals surface area contributed by atoms with Gasteiger partial charge in [-0.15, -0.1) is 13.2 Å². The van der Waals surface area contributed by atoms with E-state index in [1.807, 2.05) is 53.4 Å². The first-order chi connectivity index (χ1) is 29.1. The van der Waals surface area contributed by atoms with Gasteiger partial charge in [0, 0.05) is 67.2 Å². The maximum absolute atomic E-state index is 13.8. The van der Waals surface area contributed by atoms with E-state index in [9.17, 15) is 32.3 Å². The number of hydrogen-bond donors (Lipinski definition) is 3. The molecule has 2 aromatic carbocycles. The third-order valence-electron chi connectivity index (χ3n) is 11.0. The van der Waals surface area contributed by atoms with Gasteiger partial charge in [-0.1, -0.05) is 77.4 Å². The summed E-state index contributed by atoms with van der Waals surface area (Å²) in [6, 6.07) is 10.9. The molecule has 6 rings (SSSR count). The average molecular weight is 881 g/mol. The number of pyridine rings is 1. The lowest BCUT2D eigenvalue weighted by Gasteiger charge is -2.42. The number of carbonyl (C=O) groups excluding carboxylic acids is 4. The Morgan fingerprint density at radius 1 is 0.968 bits per heavy atom. The Balaban J connectivity index is 1.17. The lowest BCUT2D eigenvalue weighted by atomic mass is 9.94. The molecule has 0 saturated carbocycles. The zero-order valence-corrected chi connectivity index (χ0v) is 36.6. The summed E-state index contributed by atoms with van der Waals surface area (Å²) in [6.07, 6.45) is -2.05. The van der Waals surface area contributed by atoms with Gasteiger partial charge in [-0.05, 0) is 48.9 Å². The van der Waals surface area contributed by atoms with E-state index in [0.717, 1.165) is 6.07 Å². The molecule has 18 heteroatoms. The highest BCUT2D eigenvalue weighted by Gasteiger charge is 2.40. The number of likely N-dealkylation sites (tertiary alicyclic amines) is 1. The molecular weight excluding hydrogens is 829 g/mol. The number of alkyl halides is 3. The highest BCUT2D eigenvalue weighted by atomic mass is 35.5. The Labute approximate surface area is 363 Å². The smallest absolute Gasteiger partial charge is 0.453 e. The van der Waals surface area contributed by atoms with Crippen LogP contribution in [0.2, 0.25) is 5.02 Å². The van der Waals surface area contributed by atoms with Crippen molar-refractivity contribution in [3.05, 3.63) is 77.3 Å². The fourth-order valence-corrected chi connectivity index (χ4v) is 8.04. The summed E-state index contributed by atoms with van der Waals surface area (Å²) in [4.78, 5) is 69.9. The van der Waals surface area contributed by atoms with E-state index < -0.39 is 35.6 Å². The van der Waals surface area contributed by atoms with Gasteiger partial charge in [0.2, 0.25) is 11.8 Å². The van der Waals surface area contributed by atoms with Crippen molar-refractivity contribution in [1.82, 2.24) is 30.1 Å². The molecule has 2 aliphatic heterocycles. The van der Waals surface area contributed by atoms with Gasteiger partial charge < -0.3 is 39.8 Å². The van der Waals surface area contributed by atoms with E-state index in [4.69, 9.17) is 21.3 Å². The van der Waals surface area contributed by atoms with E-state index in [1.165, 1.54) is 19.4 Å². The number of hydrogen-bond acceptors (Lipinski definition) is 9. The number of nitrogens with zero attached hydrogens (tertiary/aromatic N) is 5. The molecule has 332 valence electrons. The molecule has 0 spiro atoms. The summed E-state index contributed by atoms with van der Waals surface area (Å²) in [7, 11) is 1.24. The molecule has 2 saturated heterocycles. The summed E-state index contributed by atoms with van der Waals surface area (Å²) in [5, 5.41) is 5.20. The van der Waals surface area contributed by atoms with Gasteiger partial charge in [0.25, 0.3) is 5.91 Å². The van der Waals surface area contributed by atoms with Gasteiger partial charge in [0.1, 0.15) is 23.4 Å². The van der Waals surface area contributed by atoms with Crippen molar-refractivity contribution >= 4 is 46.9 Å². The topological polar surface area (TPSA) is 162 Å². The molecule has 3 N–H and O–H groups in total. The second-order valence-electron chi connectivity index (χ2n) is 17.2. The number of H-pyrrole nitrogens is 1. The first-order valence-electron chi connectivity index (χ1n) is 20.4. The van der Waals surface area contributed by atoms with Gasteiger partial charge in [-0.2, -0.15) is 0 Å². The molecule has 4 atom stereocenters.